The zero-order valence-corrected chi connectivity index (χ0v) is 10.0. The summed E-state index contributed by atoms with van der Waals surface area (Å²) < 4.78 is 32.8. The quantitative estimate of drug-likeness (QED) is 0.432. The van der Waals surface area contributed by atoms with Crippen LogP contribution in [0.5, 0.6) is 0 Å². The maximum absolute atomic E-state index is 12.2. The van der Waals surface area contributed by atoms with Gasteiger partial charge in [0.05, 0.1) is 26.1 Å². The standard InChI is InChI=1S/C8H19FO4Si/c1-10-5-6-13-8-14(11-2,12-3)7-4-9/h4-8H2,1-3H3. The molecule has 0 aliphatic carbocycles. The number of methoxy groups -OCH3 is 1. The third-order valence-electron chi connectivity index (χ3n) is 1.97. The van der Waals surface area contributed by atoms with Gasteiger partial charge in [-0.25, -0.2) is 0 Å². The van der Waals surface area contributed by atoms with Crippen LogP contribution >= 0.6 is 0 Å². The second-order valence-electron chi connectivity index (χ2n) is 2.80. The first-order chi connectivity index (χ1) is 6.74. The Morgan fingerprint density at radius 1 is 1.07 bits per heavy atom. The van der Waals surface area contributed by atoms with E-state index in [0.717, 1.165) is 0 Å². The van der Waals surface area contributed by atoms with Gasteiger partial charge in [0.25, 0.3) is 0 Å². The number of alkyl halides is 1. The van der Waals surface area contributed by atoms with Crippen molar-refractivity contribution in [3.63, 3.8) is 0 Å². The monoisotopic (exact) mass is 226 g/mol. The predicted octanol–water partition coefficient (Wildman–Crippen LogP) is 0.893. The Bertz CT molecular complexity index is 133. The second kappa shape index (κ2) is 8.31. The van der Waals surface area contributed by atoms with E-state index in [4.69, 9.17) is 18.3 Å². The SMILES string of the molecule is COCCOC[Si](CCF)(OC)OC. The minimum Gasteiger partial charge on any atom is -0.396 e. The first kappa shape index (κ1) is 14.0. The summed E-state index contributed by atoms with van der Waals surface area (Å²) in [6.45, 7) is 0.555. The highest BCUT2D eigenvalue weighted by molar-refractivity contribution is 6.67. The average molecular weight is 226 g/mol. The van der Waals surface area contributed by atoms with E-state index in [1.165, 1.54) is 14.2 Å². The van der Waals surface area contributed by atoms with Gasteiger partial charge in [0, 0.05) is 27.4 Å². The molecule has 0 aliphatic heterocycles. The molecule has 0 saturated heterocycles. The molecule has 0 aliphatic rings. The van der Waals surface area contributed by atoms with E-state index < -0.39 is 15.2 Å². The van der Waals surface area contributed by atoms with Crippen LogP contribution in [0.15, 0.2) is 0 Å². The lowest BCUT2D eigenvalue weighted by molar-refractivity contribution is 0.0720. The number of hydrogen-bond donors (Lipinski definition) is 0. The molecule has 6 heteroatoms. The van der Waals surface area contributed by atoms with E-state index in [-0.39, 0.29) is 0 Å². The lowest BCUT2D eigenvalue weighted by atomic mass is 10.8. The fraction of sp³-hybridized carbons (Fsp3) is 1.00. The largest absolute Gasteiger partial charge is 0.396 e. The summed E-state index contributed by atoms with van der Waals surface area (Å²) in [5.41, 5.74) is 0. The Morgan fingerprint density at radius 2 is 1.71 bits per heavy atom. The van der Waals surface area contributed by atoms with Gasteiger partial charge >= 0.3 is 8.56 Å². The number of halogens is 1. The van der Waals surface area contributed by atoms with Crippen molar-refractivity contribution in [3.8, 4) is 0 Å². The Labute approximate surface area is 85.5 Å². The topological polar surface area (TPSA) is 36.9 Å². The van der Waals surface area contributed by atoms with Crippen LogP contribution in [0.3, 0.4) is 0 Å². The summed E-state index contributed by atoms with van der Waals surface area (Å²) in [5.74, 6) is 0. The Kier molecular flexibility index (Phi) is 8.30. The van der Waals surface area contributed by atoms with Crippen molar-refractivity contribution >= 4 is 8.56 Å². The van der Waals surface area contributed by atoms with Crippen LogP contribution in [0.2, 0.25) is 6.04 Å². The van der Waals surface area contributed by atoms with E-state index >= 15 is 0 Å². The Morgan fingerprint density at radius 3 is 2.14 bits per heavy atom. The molecule has 0 amide bonds. The molecule has 0 spiro atoms. The summed E-state index contributed by atoms with van der Waals surface area (Å²) in [6.07, 6.45) is 0.341. The predicted molar refractivity (Wildman–Crippen MR) is 53.2 cm³/mol. The molecule has 0 heterocycles. The van der Waals surface area contributed by atoms with Gasteiger partial charge in [0.2, 0.25) is 0 Å². The molecule has 0 bridgehead atoms. The molecule has 0 unspecified atom stereocenters. The molecule has 0 saturated carbocycles. The van der Waals surface area contributed by atoms with Gasteiger partial charge in [-0.3, -0.25) is 4.39 Å². The van der Waals surface area contributed by atoms with Gasteiger partial charge in [-0.15, -0.1) is 0 Å². The zero-order valence-electron chi connectivity index (χ0n) is 9.05. The summed E-state index contributed by atoms with van der Waals surface area (Å²) in [7, 11) is 2.22. The molecule has 0 aromatic carbocycles. The fourth-order valence-corrected chi connectivity index (χ4v) is 2.69. The summed E-state index contributed by atoms with van der Waals surface area (Å²) in [6, 6.07) is 0.299. The van der Waals surface area contributed by atoms with Gasteiger partial charge in [0.15, 0.2) is 0 Å². The summed E-state index contributed by atoms with van der Waals surface area (Å²) in [5, 5.41) is 0. The van der Waals surface area contributed by atoms with Crippen molar-refractivity contribution in [2.24, 2.45) is 0 Å². The van der Waals surface area contributed by atoms with Crippen LogP contribution < -0.4 is 0 Å². The second-order valence-corrected chi connectivity index (χ2v) is 6.23. The van der Waals surface area contributed by atoms with Crippen molar-refractivity contribution in [2.75, 3.05) is 47.4 Å². The minimum atomic E-state index is -2.45. The molecule has 4 nitrogen and oxygen atoms in total. The van der Waals surface area contributed by atoms with Gasteiger partial charge < -0.3 is 18.3 Å². The molecule has 0 atom stereocenters. The molecule has 0 aromatic rings. The van der Waals surface area contributed by atoms with Crippen LogP contribution in [0.1, 0.15) is 0 Å². The van der Waals surface area contributed by atoms with E-state index in [2.05, 4.69) is 0 Å². The maximum Gasteiger partial charge on any atom is 0.366 e. The first-order valence-electron chi connectivity index (χ1n) is 4.47. The molecule has 14 heavy (non-hydrogen) atoms. The number of rotatable bonds is 9. The lowest BCUT2D eigenvalue weighted by Gasteiger charge is -2.25. The Balaban J connectivity index is 3.82. The number of hydrogen-bond acceptors (Lipinski definition) is 4. The lowest BCUT2D eigenvalue weighted by Crippen LogP contribution is -2.46. The first-order valence-corrected chi connectivity index (χ1v) is 6.70. The minimum absolute atomic E-state index is 0.299. The number of ether oxygens (including phenoxy) is 2. The summed E-state index contributed by atoms with van der Waals surface area (Å²) >= 11 is 0. The van der Waals surface area contributed by atoms with Crippen LogP contribution in [0.4, 0.5) is 4.39 Å². The van der Waals surface area contributed by atoms with Crippen LogP contribution in [0, 0.1) is 0 Å². The molecular weight excluding hydrogens is 207 g/mol. The van der Waals surface area contributed by atoms with E-state index in [0.29, 0.717) is 25.5 Å². The van der Waals surface area contributed by atoms with Crippen molar-refractivity contribution in [1.29, 1.82) is 0 Å². The van der Waals surface area contributed by atoms with Crippen molar-refractivity contribution < 1.29 is 22.7 Å². The molecule has 0 N–H and O–H groups in total. The average Bonchev–Trinajstić information content (AvgIpc) is 2.23. The molecule has 86 valence electrons. The Hall–Kier alpha value is -0.0131. The molecular formula is C8H19FO4Si. The van der Waals surface area contributed by atoms with Gasteiger partial charge in [-0.2, -0.15) is 0 Å². The van der Waals surface area contributed by atoms with Gasteiger partial charge in [-0.1, -0.05) is 0 Å². The van der Waals surface area contributed by atoms with E-state index in [9.17, 15) is 4.39 Å². The van der Waals surface area contributed by atoms with Gasteiger partial charge in [0.1, 0.15) is 0 Å². The molecule has 0 fully saturated rings. The molecule has 0 radical (unpaired) electrons. The van der Waals surface area contributed by atoms with Crippen molar-refractivity contribution in [2.45, 2.75) is 6.04 Å². The third-order valence-corrected chi connectivity index (χ3v) is 5.06. The highest BCUT2D eigenvalue weighted by Crippen LogP contribution is 2.12. The van der Waals surface area contributed by atoms with Crippen LogP contribution in [0.25, 0.3) is 0 Å². The van der Waals surface area contributed by atoms with E-state index in [1.807, 2.05) is 0 Å². The molecule has 0 aromatic heterocycles. The third kappa shape index (κ3) is 5.01. The zero-order chi connectivity index (χ0) is 10.9. The molecule has 0 rings (SSSR count). The van der Waals surface area contributed by atoms with Crippen LogP contribution in [-0.4, -0.2) is 56.0 Å². The normalized spacial score (nSPS) is 12.0. The smallest absolute Gasteiger partial charge is 0.366 e. The van der Waals surface area contributed by atoms with Crippen molar-refractivity contribution in [1.82, 2.24) is 0 Å². The highest BCUT2D eigenvalue weighted by Gasteiger charge is 2.35. The highest BCUT2D eigenvalue weighted by atomic mass is 28.4. The maximum atomic E-state index is 12.2. The van der Waals surface area contributed by atoms with Crippen LogP contribution in [-0.2, 0) is 18.3 Å². The fourth-order valence-electron chi connectivity index (χ4n) is 0.991. The van der Waals surface area contributed by atoms with E-state index in [1.54, 1.807) is 7.11 Å². The van der Waals surface area contributed by atoms with Crippen molar-refractivity contribution in [3.05, 3.63) is 0 Å². The van der Waals surface area contributed by atoms with Gasteiger partial charge in [-0.05, 0) is 0 Å². The summed E-state index contributed by atoms with van der Waals surface area (Å²) in [4.78, 5) is 0.